The van der Waals surface area contributed by atoms with Gasteiger partial charge in [-0.3, -0.25) is 4.72 Å². The summed E-state index contributed by atoms with van der Waals surface area (Å²) in [6, 6.07) is 5.96. The van der Waals surface area contributed by atoms with Crippen molar-refractivity contribution >= 4 is 60.5 Å². The summed E-state index contributed by atoms with van der Waals surface area (Å²) < 4.78 is 40.1. The molecule has 0 aliphatic rings. The van der Waals surface area contributed by atoms with Crippen LogP contribution in [-0.4, -0.2) is 8.42 Å². The van der Waals surface area contributed by atoms with E-state index in [2.05, 4.69) is 20.7 Å². The molecule has 0 radical (unpaired) electrons. The molecule has 0 aliphatic carbocycles. The number of nitrogens with one attached hydrogen (secondary N) is 1. The molecule has 21 heavy (non-hydrogen) atoms. The van der Waals surface area contributed by atoms with Crippen molar-refractivity contribution in [2.24, 2.45) is 0 Å². The molecule has 0 saturated carbocycles. The van der Waals surface area contributed by atoms with Crippen LogP contribution in [0.25, 0.3) is 0 Å². The number of halogens is 4. The van der Waals surface area contributed by atoms with E-state index in [0.29, 0.717) is 0 Å². The van der Waals surface area contributed by atoms with E-state index in [0.717, 1.165) is 12.1 Å². The zero-order valence-electron chi connectivity index (χ0n) is 10.2. The number of rotatable bonds is 3. The third kappa shape index (κ3) is 3.60. The molecule has 2 aromatic rings. The average Bonchev–Trinajstić information content (AvgIpc) is 2.37. The van der Waals surface area contributed by atoms with Gasteiger partial charge in [-0.25, -0.2) is 12.8 Å². The van der Waals surface area contributed by atoms with E-state index in [4.69, 9.17) is 28.9 Å². The zero-order valence-corrected chi connectivity index (χ0v) is 14.1. The molecule has 0 unspecified atom stereocenters. The van der Waals surface area contributed by atoms with Gasteiger partial charge in [0.15, 0.2) is 0 Å². The minimum absolute atomic E-state index is 0.0449. The molecule has 0 aromatic heterocycles. The Morgan fingerprint density at radius 2 is 1.86 bits per heavy atom. The van der Waals surface area contributed by atoms with Crippen LogP contribution in [0.15, 0.2) is 39.7 Å². The predicted molar refractivity (Wildman–Crippen MR) is 85.8 cm³/mol. The molecular formula is C12H8BrCl2FN2O2S. The topological polar surface area (TPSA) is 72.2 Å². The summed E-state index contributed by atoms with van der Waals surface area (Å²) >= 11 is 14.7. The number of hydrogen-bond donors (Lipinski definition) is 2. The van der Waals surface area contributed by atoms with Crippen molar-refractivity contribution in [1.82, 2.24) is 0 Å². The Bertz CT molecular complexity index is 815. The lowest BCUT2D eigenvalue weighted by Crippen LogP contribution is -2.14. The summed E-state index contributed by atoms with van der Waals surface area (Å²) in [5, 5.41) is 0.103. The summed E-state index contributed by atoms with van der Waals surface area (Å²) in [6.45, 7) is 0. The second-order valence-electron chi connectivity index (χ2n) is 4.04. The molecule has 3 N–H and O–H groups in total. The fourth-order valence-electron chi connectivity index (χ4n) is 1.55. The van der Waals surface area contributed by atoms with Gasteiger partial charge in [-0.05, 0) is 46.3 Å². The largest absolute Gasteiger partial charge is 0.398 e. The Hall–Kier alpha value is -1.02. The molecule has 2 rings (SSSR count). The van der Waals surface area contributed by atoms with Crippen molar-refractivity contribution in [3.8, 4) is 0 Å². The SMILES string of the molecule is Nc1cc(Cl)cc(S(=O)(=O)Nc2ccc(F)cc2Cl)c1Br. The van der Waals surface area contributed by atoms with Gasteiger partial charge in [0.2, 0.25) is 0 Å². The molecule has 4 nitrogen and oxygen atoms in total. The Morgan fingerprint density at radius 1 is 1.19 bits per heavy atom. The van der Waals surface area contributed by atoms with Crippen molar-refractivity contribution in [3.63, 3.8) is 0 Å². The first kappa shape index (κ1) is 16.4. The highest BCUT2D eigenvalue weighted by Crippen LogP contribution is 2.33. The Morgan fingerprint density at radius 3 is 2.48 bits per heavy atom. The van der Waals surface area contributed by atoms with Crippen LogP contribution in [-0.2, 0) is 10.0 Å². The second kappa shape index (κ2) is 6.00. The van der Waals surface area contributed by atoms with E-state index in [1.807, 2.05) is 0 Å². The average molecular weight is 414 g/mol. The van der Waals surface area contributed by atoms with Crippen LogP contribution in [0, 0.1) is 5.82 Å². The van der Waals surface area contributed by atoms with Crippen molar-refractivity contribution in [2.75, 3.05) is 10.5 Å². The minimum atomic E-state index is -3.99. The molecule has 0 amide bonds. The number of sulfonamides is 1. The predicted octanol–water partition coefficient (Wildman–Crippen LogP) is 4.28. The minimum Gasteiger partial charge on any atom is -0.398 e. The molecule has 0 saturated heterocycles. The highest BCUT2D eigenvalue weighted by Gasteiger charge is 2.21. The van der Waals surface area contributed by atoms with E-state index >= 15 is 0 Å². The zero-order chi connectivity index (χ0) is 15.8. The fourth-order valence-corrected chi connectivity index (χ4v) is 4.20. The summed E-state index contributed by atoms with van der Waals surface area (Å²) in [5.74, 6) is -0.573. The molecule has 0 fully saturated rings. The quantitative estimate of drug-likeness (QED) is 0.737. The second-order valence-corrected chi connectivity index (χ2v) is 7.32. The third-order valence-electron chi connectivity index (χ3n) is 2.50. The van der Waals surface area contributed by atoms with E-state index in [1.165, 1.54) is 18.2 Å². The highest BCUT2D eigenvalue weighted by molar-refractivity contribution is 9.10. The lowest BCUT2D eigenvalue weighted by molar-refractivity contribution is 0.600. The van der Waals surface area contributed by atoms with Crippen molar-refractivity contribution in [3.05, 3.63) is 50.7 Å². The molecular weight excluding hydrogens is 406 g/mol. The van der Waals surface area contributed by atoms with Gasteiger partial charge in [0.1, 0.15) is 10.7 Å². The maximum absolute atomic E-state index is 13.0. The lowest BCUT2D eigenvalue weighted by Gasteiger charge is -2.12. The third-order valence-corrected chi connectivity index (χ3v) is 5.57. The van der Waals surface area contributed by atoms with Gasteiger partial charge in [0.25, 0.3) is 10.0 Å². The molecule has 112 valence electrons. The maximum Gasteiger partial charge on any atom is 0.263 e. The number of nitrogens with two attached hydrogens (primary N) is 1. The number of anilines is 2. The Balaban J connectivity index is 2.48. The molecule has 0 heterocycles. The van der Waals surface area contributed by atoms with Crippen LogP contribution in [0.1, 0.15) is 0 Å². The van der Waals surface area contributed by atoms with E-state index in [1.54, 1.807) is 0 Å². The molecule has 9 heteroatoms. The smallest absolute Gasteiger partial charge is 0.263 e. The number of benzene rings is 2. The van der Waals surface area contributed by atoms with Crippen molar-refractivity contribution in [2.45, 2.75) is 4.90 Å². The van der Waals surface area contributed by atoms with Crippen LogP contribution < -0.4 is 10.5 Å². The van der Waals surface area contributed by atoms with Crippen LogP contribution in [0.5, 0.6) is 0 Å². The maximum atomic E-state index is 13.0. The number of hydrogen-bond acceptors (Lipinski definition) is 3. The Kier molecular flexibility index (Phi) is 4.67. The van der Waals surface area contributed by atoms with Gasteiger partial charge >= 0.3 is 0 Å². The normalized spacial score (nSPS) is 11.4. The molecule has 0 bridgehead atoms. The number of nitrogen functional groups attached to an aromatic ring is 1. The van der Waals surface area contributed by atoms with Crippen LogP contribution in [0.3, 0.4) is 0 Å². The van der Waals surface area contributed by atoms with Gasteiger partial charge in [0, 0.05) is 10.7 Å². The van der Waals surface area contributed by atoms with Gasteiger partial charge in [-0.1, -0.05) is 23.2 Å². The monoisotopic (exact) mass is 412 g/mol. The first-order valence-electron chi connectivity index (χ1n) is 5.43. The highest BCUT2D eigenvalue weighted by atomic mass is 79.9. The first-order valence-corrected chi connectivity index (χ1v) is 8.46. The van der Waals surface area contributed by atoms with Crippen LogP contribution in [0.4, 0.5) is 15.8 Å². The standard InChI is InChI=1S/C12H8BrCl2FN2O2S/c13-12-9(17)3-6(14)4-11(12)21(19,20)18-10-2-1-7(16)5-8(10)15/h1-5,18H,17H2. The van der Waals surface area contributed by atoms with E-state index < -0.39 is 15.8 Å². The first-order chi connectivity index (χ1) is 9.70. The van der Waals surface area contributed by atoms with E-state index in [-0.39, 0.29) is 30.8 Å². The van der Waals surface area contributed by atoms with Crippen molar-refractivity contribution < 1.29 is 12.8 Å². The van der Waals surface area contributed by atoms with Crippen LogP contribution >= 0.6 is 39.1 Å². The van der Waals surface area contributed by atoms with Gasteiger partial charge in [0.05, 0.1) is 15.2 Å². The van der Waals surface area contributed by atoms with Gasteiger partial charge in [-0.15, -0.1) is 0 Å². The summed E-state index contributed by atoms with van der Waals surface area (Å²) in [4.78, 5) is -0.145. The summed E-state index contributed by atoms with van der Waals surface area (Å²) in [6.07, 6.45) is 0. The Labute approximate surface area is 139 Å². The van der Waals surface area contributed by atoms with Crippen molar-refractivity contribution in [1.29, 1.82) is 0 Å². The molecule has 0 spiro atoms. The molecule has 0 aliphatic heterocycles. The van der Waals surface area contributed by atoms with Crippen LogP contribution in [0.2, 0.25) is 10.0 Å². The lowest BCUT2D eigenvalue weighted by atomic mass is 10.3. The fraction of sp³-hybridized carbons (Fsp3) is 0. The van der Waals surface area contributed by atoms with E-state index in [9.17, 15) is 12.8 Å². The molecule has 2 aromatic carbocycles. The van der Waals surface area contributed by atoms with Gasteiger partial charge in [-0.2, -0.15) is 0 Å². The summed E-state index contributed by atoms with van der Waals surface area (Å²) in [7, 11) is -3.99. The summed E-state index contributed by atoms with van der Waals surface area (Å²) in [5.41, 5.74) is 5.88. The molecule has 0 atom stereocenters. The van der Waals surface area contributed by atoms with Gasteiger partial charge < -0.3 is 5.73 Å².